The summed E-state index contributed by atoms with van der Waals surface area (Å²) >= 11 is 0. The van der Waals surface area contributed by atoms with Gasteiger partial charge >= 0.3 is 0 Å². The van der Waals surface area contributed by atoms with Gasteiger partial charge in [0.2, 0.25) is 5.88 Å². The lowest BCUT2D eigenvalue weighted by Crippen LogP contribution is -2.14. The van der Waals surface area contributed by atoms with Crippen LogP contribution in [-0.2, 0) is 0 Å². The molecule has 2 rings (SSSR count). The van der Waals surface area contributed by atoms with Gasteiger partial charge < -0.3 is 16.6 Å². The van der Waals surface area contributed by atoms with Crippen molar-refractivity contribution in [3.63, 3.8) is 0 Å². The topological polar surface area (TPSA) is 83.1 Å². The van der Waals surface area contributed by atoms with Gasteiger partial charge in [-0.05, 0) is 76.3 Å². The summed E-state index contributed by atoms with van der Waals surface area (Å²) in [5.41, 5.74) is 12.8. The van der Waals surface area contributed by atoms with Gasteiger partial charge in [-0.1, -0.05) is 24.6 Å². The number of nitrogens with two attached hydrogens (primary N) is 1. The Morgan fingerprint density at radius 2 is 1.62 bits per heavy atom. The Bertz CT molecular complexity index is 683. The van der Waals surface area contributed by atoms with Crippen molar-refractivity contribution in [3.8, 4) is 11.6 Å². The highest BCUT2D eigenvalue weighted by molar-refractivity contribution is 5.47. The molecule has 0 bridgehead atoms. The predicted molar refractivity (Wildman–Crippen MR) is 102 cm³/mol. The predicted octanol–water partition coefficient (Wildman–Crippen LogP) is 5.03. The van der Waals surface area contributed by atoms with Gasteiger partial charge in [-0.2, -0.15) is 0 Å². The molecule has 1 aromatic heterocycles. The van der Waals surface area contributed by atoms with Crippen LogP contribution >= 0.6 is 0 Å². The number of rotatable bonds is 5. The minimum Gasteiger partial charge on any atom is -0.438 e. The van der Waals surface area contributed by atoms with Crippen LogP contribution in [0, 0.1) is 34.6 Å². The number of benzene rings is 1. The van der Waals surface area contributed by atoms with Gasteiger partial charge in [0.15, 0.2) is 0 Å². The number of pyridine rings is 1. The lowest BCUT2D eigenvalue weighted by atomic mass is 9.93. The molecule has 132 valence electrons. The number of ether oxygens (including phenoxy) is 1. The number of hydrogen-bond donors (Lipinski definition) is 2. The van der Waals surface area contributed by atoms with E-state index in [0.29, 0.717) is 18.3 Å². The third kappa shape index (κ3) is 4.13. The van der Waals surface area contributed by atoms with E-state index in [0.717, 1.165) is 34.6 Å². The molecule has 4 nitrogen and oxygen atoms in total. The molecule has 2 aromatic rings. The van der Waals surface area contributed by atoms with Gasteiger partial charge in [-0.3, -0.25) is 0 Å². The molecule has 0 saturated heterocycles. The number of aromatic nitrogens is 1. The second kappa shape index (κ2) is 8.27. The maximum atomic E-state index is 6.23. The van der Waals surface area contributed by atoms with Gasteiger partial charge in [0, 0.05) is 11.3 Å². The lowest BCUT2D eigenvalue weighted by molar-refractivity contribution is 0.448. The Balaban J connectivity index is 0.00000288. The van der Waals surface area contributed by atoms with E-state index in [1.54, 1.807) is 0 Å². The van der Waals surface area contributed by atoms with Crippen LogP contribution in [0.15, 0.2) is 18.2 Å². The van der Waals surface area contributed by atoms with E-state index in [1.807, 2.05) is 6.92 Å². The van der Waals surface area contributed by atoms with E-state index in [9.17, 15) is 0 Å². The van der Waals surface area contributed by atoms with Gasteiger partial charge in [-0.25, -0.2) is 4.98 Å². The molecule has 4 heteroatoms. The minimum atomic E-state index is 0. The molecule has 0 fully saturated rings. The molecule has 0 radical (unpaired) electrons. The standard InChI is InChI=1S/C20H28N2O.H3N/c1-7-17(11-21)18-10-15(5)22-20(16(18)6)23-19-13(3)8-12(2)9-14(19)4;/h8-10,17H,7,11,21H2,1-6H3;1H3. The minimum absolute atomic E-state index is 0. The van der Waals surface area contributed by atoms with E-state index in [-0.39, 0.29) is 6.15 Å². The molecule has 0 saturated carbocycles. The number of aryl methyl sites for hydroxylation is 4. The van der Waals surface area contributed by atoms with Crippen molar-refractivity contribution in [2.45, 2.75) is 53.9 Å². The zero-order valence-electron chi connectivity index (χ0n) is 15.9. The van der Waals surface area contributed by atoms with Crippen molar-refractivity contribution in [2.75, 3.05) is 6.54 Å². The maximum Gasteiger partial charge on any atom is 0.222 e. The Morgan fingerprint density at radius 3 is 2.12 bits per heavy atom. The SMILES string of the molecule is CCC(CN)c1cc(C)nc(Oc2c(C)cc(C)cc2C)c1C.N. The Labute approximate surface area is 146 Å². The van der Waals surface area contributed by atoms with Crippen molar-refractivity contribution >= 4 is 0 Å². The highest BCUT2D eigenvalue weighted by atomic mass is 16.5. The Morgan fingerprint density at radius 1 is 1.04 bits per heavy atom. The van der Waals surface area contributed by atoms with Crippen LogP contribution < -0.4 is 16.6 Å². The maximum absolute atomic E-state index is 6.23. The van der Waals surface area contributed by atoms with Crippen molar-refractivity contribution in [1.29, 1.82) is 0 Å². The van der Waals surface area contributed by atoms with E-state index < -0.39 is 0 Å². The summed E-state index contributed by atoms with van der Waals surface area (Å²) in [5.74, 6) is 1.95. The highest BCUT2D eigenvalue weighted by Crippen LogP contribution is 2.34. The Hall–Kier alpha value is -1.91. The first kappa shape index (κ1) is 20.1. The first-order valence-electron chi connectivity index (χ1n) is 8.31. The first-order chi connectivity index (χ1) is 10.9. The molecule has 1 heterocycles. The van der Waals surface area contributed by atoms with Crippen molar-refractivity contribution in [3.05, 3.63) is 51.7 Å². The van der Waals surface area contributed by atoms with Gasteiger partial charge in [-0.15, -0.1) is 0 Å². The third-order valence-electron chi connectivity index (χ3n) is 4.42. The van der Waals surface area contributed by atoms with E-state index >= 15 is 0 Å². The fraction of sp³-hybridized carbons (Fsp3) is 0.450. The highest BCUT2D eigenvalue weighted by Gasteiger charge is 2.17. The van der Waals surface area contributed by atoms with Crippen LogP contribution in [0.2, 0.25) is 0 Å². The zero-order chi connectivity index (χ0) is 17.1. The normalized spacial score (nSPS) is 11.8. The molecule has 0 spiro atoms. The fourth-order valence-corrected chi connectivity index (χ4v) is 3.19. The molecule has 1 atom stereocenters. The van der Waals surface area contributed by atoms with Crippen LogP contribution in [0.1, 0.15) is 52.8 Å². The number of nitrogens with zero attached hydrogens (tertiary/aromatic N) is 1. The fourth-order valence-electron chi connectivity index (χ4n) is 3.19. The van der Waals surface area contributed by atoms with Crippen molar-refractivity contribution in [1.82, 2.24) is 11.1 Å². The first-order valence-corrected chi connectivity index (χ1v) is 8.31. The molecule has 0 aliphatic rings. The van der Waals surface area contributed by atoms with Crippen LogP contribution in [0.3, 0.4) is 0 Å². The summed E-state index contributed by atoms with van der Waals surface area (Å²) in [7, 11) is 0. The zero-order valence-corrected chi connectivity index (χ0v) is 15.9. The van der Waals surface area contributed by atoms with Crippen LogP contribution in [0.4, 0.5) is 0 Å². The summed E-state index contributed by atoms with van der Waals surface area (Å²) in [6.07, 6.45) is 1.02. The van der Waals surface area contributed by atoms with Crippen LogP contribution in [-0.4, -0.2) is 11.5 Å². The average molecular weight is 329 g/mol. The molecular weight excluding hydrogens is 298 g/mol. The van der Waals surface area contributed by atoms with Gasteiger partial charge in [0.1, 0.15) is 5.75 Å². The van der Waals surface area contributed by atoms with Gasteiger partial charge in [0.25, 0.3) is 0 Å². The summed E-state index contributed by atoms with van der Waals surface area (Å²) < 4.78 is 6.23. The molecular formula is C20H31N3O. The summed E-state index contributed by atoms with van der Waals surface area (Å²) in [4.78, 5) is 4.62. The second-order valence-corrected chi connectivity index (χ2v) is 6.45. The molecule has 24 heavy (non-hydrogen) atoms. The van der Waals surface area contributed by atoms with Gasteiger partial charge in [0.05, 0.1) is 0 Å². The largest absolute Gasteiger partial charge is 0.438 e. The van der Waals surface area contributed by atoms with Crippen LogP contribution in [0.5, 0.6) is 11.6 Å². The van der Waals surface area contributed by atoms with Crippen molar-refractivity contribution in [2.24, 2.45) is 5.73 Å². The molecule has 0 aliphatic heterocycles. The monoisotopic (exact) mass is 329 g/mol. The molecule has 1 unspecified atom stereocenters. The quantitative estimate of drug-likeness (QED) is 0.805. The molecule has 1 aromatic carbocycles. The summed E-state index contributed by atoms with van der Waals surface area (Å²) in [5, 5.41) is 0. The smallest absolute Gasteiger partial charge is 0.222 e. The van der Waals surface area contributed by atoms with E-state index in [4.69, 9.17) is 10.5 Å². The number of hydrogen-bond acceptors (Lipinski definition) is 4. The summed E-state index contributed by atoms with van der Waals surface area (Å²) in [6.45, 7) is 13.2. The van der Waals surface area contributed by atoms with E-state index in [2.05, 4.69) is 57.8 Å². The van der Waals surface area contributed by atoms with Crippen LogP contribution in [0.25, 0.3) is 0 Å². The lowest BCUT2D eigenvalue weighted by Gasteiger charge is -2.20. The van der Waals surface area contributed by atoms with Crippen molar-refractivity contribution < 1.29 is 4.74 Å². The van der Waals surface area contributed by atoms with E-state index in [1.165, 1.54) is 11.1 Å². The third-order valence-corrected chi connectivity index (χ3v) is 4.42. The molecule has 0 aliphatic carbocycles. The average Bonchev–Trinajstić information content (AvgIpc) is 2.48. The Kier molecular flexibility index (Phi) is 6.93. The molecule has 5 N–H and O–H groups in total. The second-order valence-electron chi connectivity index (χ2n) is 6.45. The summed E-state index contributed by atoms with van der Waals surface area (Å²) in [6, 6.07) is 6.42. The molecule has 0 amide bonds.